The maximum Gasteiger partial charge on any atom is 0.308 e. The zero-order valence-corrected chi connectivity index (χ0v) is 9.09. The van der Waals surface area contributed by atoms with E-state index in [4.69, 9.17) is 9.47 Å². The molecule has 2 rings (SSSR count). The Bertz CT molecular complexity index is 349. The topological polar surface area (TPSA) is 44.8 Å². The first-order valence-corrected chi connectivity index (χ1v) is 5.18. The molecule has 1 heterocycles. The van der Waals surface area contributed by atoms with Crippen LogP contribution < -0.4 is 0 Å². The SMILES string of the molecule is COC(=O)CC1CO[C@H](c2ccccc2)O1. The Morgan fingerprint density at radius 1 is 1.44 bits per heavy atom. The van der Waals surface area contributed by atoms with E-state index in [1.54, 1.807) is 0 Å². The minimum atomic E-state index is -0.365. The van der Waals surface area contributed by atoms with Crippen LogP contribution in [0.15, 0.2) is 30.3 Å². The van der Waals surface area contributed by atoms with Crippen LogP contribution in [0, 0.1) is 0 Å². The van der Waals surface area contributed by atoms with E-state index < -0.39 is 0 Å². The molecule has 1 saturated heterocycles. The molecule has 0 N–H and O–H groups in total. The van der Waals surface area contributed by atoms with Gasteiger partial charge < -0.3 is 14.2 Å². The van der Waals surface area contributed by atoms with E-state index in [0.717, 1.165) is 5.56 Å². The normalized spacial score (nSPS) is 24.3. The van der Waals surface area contributed by atoms with Crippen LogP contribution >= 0.6 is 0 Å². The van der Waals surface area contributed by atoms with Crippen molar-refractivity contribution < 1.29 is 19.0 Å². The molecule has 1 aliphatic rings. The van der Waals surface area contributed by atoms with Crippen molar-refractivity contribution in [1.29, 1.82) is 0 Å². The molecule has 2 atom stereocenters. The molecule has 0 aliphatic carbocycles. The van der Waals surface area contributed by atoms with E-state index in [1.165, 1.54) is 7.11 Å². The predicted octanol–water partition coefficient (Wildman–Crippen LogP) is 1.66. The minimum absolute atomic E-state index is 0.211. The molecule has 1 aromatic rings. The van der Waals surface area contributed by atoms with Gasteiger partial charge in [-0.25, -0.2) is 0 Å². The quantitative estimate of drug-likeness (QED) is 0.730. The van der Waals surface area contributed by atoms with Crippen LogP contribution in [0.1, 0.15) is 18.3 Å². The van der Waals surface area contributed by atoms with E-state index in [9.17, 15) is 4.79 Å². The molecule has 0 bridgehead atoms. The van der Waals surface area contributed by atoms with Crippen LogP contribution in [-0.2, 0) is 19.0 Å². The van der Waals surface area contributed by atoms with E-state index in [1.807, 2.05) is 30.3 Å². The van der Waals surface area contributed by atoms with Gasteiger partial charge in [-0.2, -0.15) is 0 Å². The molecule has 0 spiro atoms. The average molecular weight is 222 g/mol. The van der Waals surface area contributed by atoms with Gasteiger partial charge in [-0.1, -0.05) is 30.3 Å². The molecule has 1 aromatic carbocycles. The molecule has 0 aromatic heterocycles. The van der Waals surface area contributed by atoms with Crippen molar-refractivity contribution in [1.82, 2.24) is 0 Å². The number of rotatable bonds is 3. The lowest BCUT2D eigenvalue weighted by molar-refractivity contribution is -0.143. The summed E-state index contributed by atoms with van der Waals surface area (Å²) in [7, 11) is 1.37. The summed E-state index contributed by atoms with van der Waals surface area (Å²) in [5.41, 5.74) is 0.967. The zero-order chi connectivity index (χ0) is 11.4. The van der Waals surface area contributed by atoms with E-state index in [0.29, 0.717) is 6.61 Å². The Morgan fingerprint density at radius 3 is 2.88 bits per heavy atom. The zero-order valence-electron chi connectivity index (χ0n) is 9.09. The van der Waals surface area contributed by atoms with Crippen molar-refractivity contribution in [3.8, 4) is 0 Å². The fraction of sp³-hybridized carbons (Fsp3) is 0.417. The second kappa shape index (κ2) is 5.09. The Labute approximate surface area is 94.1 Å². The first-order chi connectivity index (χ1) is 7.79. The van der Waals surface area contributed by atoms with E-state index in [-0.39, 0.29) is 24.8 Å². The van der Waals surface area contributed by atoms with Crippen molar-refractivity contribution in [2.75, 3.05) is 13.7 Å². The largest absolute Gasteiger partial charge is 0.469 e. The number of esters is 1. The first-order valence-electron chi connectivity index (χ1n) is 5.18. The highest BCUT2D eigenvalue weighted by Crippen LogP contribution is 2.27. The highest BCUT2D eigenvalue weighted by Gasteiger charge is 2.28. The number of benzene rings is 1. The lowest BCUT2D eigenvalue weighted by Gasteiger charge is -2.10. The Balaban J connectivity index is 1.91. The van der Waals surface area contributed by atoms with Gasteiger partial charge in [0.25, 0.3) is 0 Å². The monoisotopic (exact) mass is 222 g/mol. The van der Waals surface area contributed by atoms with Gasteiger partial charge >= 0.3 is 5.97 Å². The summed E-state index contributed by atoms with van der Waals surface area (Å²) in [5, 5.41) is 0. The van der Waals surface area contributed by atoms with E-state index in [2.05, 4.69) is 4.74 Å². The second-order valence-corrected chi connectivity index (χ2v) is 3.61. The summed E-state index contributed by atoms with van der Waals surface area (Å²) in [4.78, 5) is 11.1. The number of ether oxygens (including phenoxy) is 3. The highest BCUT2D eigenvalue weighted by atomic mass is 16.7. The van der Waals surface area contributed by atoms with Crippen LogP contribution in [0.4, 0.5) is 0 Å². The third-order valence-electron chi connectivity index (χ3n) is 2.44. The number of methoxy groups -OCH3 is 1. The minimum Gasteiger partial charge on any atom is -0.469 e. The molecular weight excluding hydrogens is 208 g/mol. The van der Waals surface area contributed by atoms with Gasteiger partial charge in [-0.3, -0.25) is 4.79 Å². The van der Waals surface area contributed by atoms with Crippen LogP contribution in [0.25, 0.3) is 0 Å². The van der Waals surface area contributed by atoms with Crippen molar-refractivity contribution in [2.24, 2.45) is 0 Å². The summed E-state index contributed by atoms with van der Waals surface area (Å²) in [6.07, 6.45) is -0.340. The van der Waals surface area contributed by atoms with Crippen molar-refractivity contribution >= 4 is 5.97 Å². The summed E-state index contributed by atoms with van der Waals surface area (Å²) in [6.45, 7) is 0.425. The Kier molecular flexibility index (Phi) is 3.54. The van der Waals surface area contributed by atoms with Crippen LogP contribution in [0.3, 0.4) is 0 Å². The predicted molar refractivity (Wildman–Crippen MR) is 56.6 cm³/mol. The average Bonchev–Trinajstić information content (AvgIpc) is 2.78. The molecule has 0 radical (unpaired) electrons. The molecule has 0 saturated carbocycles. The lowest BCUT2D eigenvalue weighted by atomic mass is 10.2. The summed E-state index contributed by atoms with van der Waals surface area (Å²) < 4.78 is 15.6. The van der Waals surface area contributed by atoms with Crippen molar-refractivity contribution in [3.63, 3.8) is 0 Å². The van der Waals surface area contributed by atoms with Crippen molar-refractivity contribution in [3.05, 3.63) is 35.9 Å². The highest BCUT2D eigenvalue weighted by molar-refractivity contribution is 5.69. The van der Waals surface area contributed by atoms with Gasteiger partial charge in [0.1, 0.15) is 0 Å². The molecule has 86 valence electrons. The number of carbonyl (C=O) groups excluding carboxylic acids is 1. The second-order valence-electron chi connectivity index (χ2n) is 3.61. The van der Waals surface area contributed by atoms with Gasteiger partial charge in [0, 0.05) is 5.56 Å². The number of carbonyl (C=O) groups is 1. The van der Waals surface area contributed by atoms with Crippen molar-refractivity contribution in [2.45, 2.75) is 18.8 Å². The molecular formula is C12H14O4. The van der Waals surface area contributed by atoms with Crippen LogP contribution in [-0.4, -0.2) is 25.8 Å². The molecule has 4 heteroatoms. The van der Waals surface area contributed by atoms with Crippen LogP contribution in [0.2, 0.25) is 0 Å². The lowest BCUT2D eigenvalue weighted by Crippen LogP contribution is -2.16. The molecule has 1 fully saturated rings. The smallest absolute Gasteiger partial charge is 0.308 e. The van der Waals surface area contributed by atoms with Gasteiger partial charge in [-0.15, -0.1) is 0 Å². The third kappa shape index (κ3) is 2.59. The molecule has 4 nitrogen and oxygen atoms in total. The fourth-order valence-corrected chi connectivity index (χ4v) is 1.61. The molecule has 1 unspecified atom stereocenters. The standard InChI is InChI=1S/C12H14O4/c1-14-11(13)7-10-8-15-12(16-10)9-5-3-2-4-6-9/h2-6,10,12H,7-8H2,1H3/t10?,12-/m0/s1. The first kappa shape index (κ1) is 11.1. The molecule has 1 aliphatic heterocycles. The van der Waals surface area contributed by atoms with Gasteiger partial charge in [0.05, 0.1) is 26.2 Å². The maximum absolute atomic E-state index is 11.1. The van der Waals surface area contributed by atoms with Gasteiger partial charge in [0.15, 0.2) is 6.29 Å². The third-order valence-corrected chi connectivity index (χ3v) is 2.44. The maximum atomic E-state index is 11.1. The number of hydrogen-bond donors (Lipinski definition) is 0. The van der Waals surface area contributed by atoms with Gasteiger partial charge in [-0.05, 0) is 0 Å². The summed E-state index contributed by atoms with van der Waals surface area (Å²) in [5.74, 6) is -0.276. The molecule has 0 amide bonds. The fourth-order valence-electron chi connectivity index (χ4n) is 1.61. The number of hydrogen-bond acceptors (Lipinski definition) is 4. The van der Waals surface area contributed by atoms with Gasteiger partial charge in [0.2, 0.25) is 0 Å². The molecule has 16 heavy (non-hydrogen) atoms. The van der Waals surface area contributed by atoms with E-state index >= 15 is 0 Å². The Morgan fingerprint density at radius 2 is 2.19 bits per heavy atom. The Hall–Kier alpha value is -1.39. The summed E-state index contributed by atoms with van der Waals surface area (Å²) in [6, 6.07) is 9.66. The van der Waals surface area contributed by atoms with Crippen LogP contribution in [0.5, 0.6) is 0 Å². The summed E-state index contributed by atoms with van der Waals surface area (Å²) >= 11 is 0.